The molecule has 0 radical (unpaired) electrons. The Morgan fingerprint density at radius 2 is 1.71 bits per heavy atom. The van der Waals surface area contributed by atoms with E-state index in [1.54, 1.807) is 26.0 Å². The molecular weight excluding hydrogens is 330 g/mol. The molecule has 1 N–H and O–H groups in total. The zero-order valence-electron chi connectivity index (χ0n) is 14.1. The van der Waals surface area contributed by atoms with Crippen molar-refractivity contribution >= 4 is 21.7 Å². The van der Waals surface area contributed by atoms with Crippen molar-refractivity contribution in [3.8, 4) is 0 Å². The molecule has 0 bridgehead atoms. The van der Waals surface area contributed by atoms with E-state index >= 15 is 0 Å². The van der Waals surface area contributed by atoms with Crippen LogP contribution in [-0.4, -0.2) is 47.6 Å². The van der Waals surface area contributed by atoms with Crippen LogP contribution >= 0.6 is 0 Å². The molecule has 1 amide bonds. The molecule has 0 aliphatic heterocycles. The van der Waals surface area contributed by atoms with Crippen molar-refractivity contribution in [1.29, 1.82) is 0 Å². The average Bonchev–Trinajstić information content (AvgIpc) is 3.32. The maximum atomic E-state index is 12.5. The van der Waals surface area contributed by atoms with Crippen LogP contribution in [0.1, 0.15) is 39.2 Å². The molecule has 1 saturated carbocycles. The van der Waals surface area contributed by atoms with Crippen molar-refractivity contribution in [2.24, 2.45) is 0 Å². The number of carbonyl (C=O) groups excluding carboxylic acids is 1. The second-order valence-corrected chi connectivity index (χ2v) is 8.97. The first-order valence-corrected chi connectivity index (χ1v) is 9.56. The molecule has 2 rings (SSSR count). The number of benzene rings is 1. The third-order valence-corrected chi connectivity index (χ3v) is 6.40. The fourth-order valence-electron chi connectivity index (χ4n) is 2.54. The highest BCUT2D eigenvalue weighted by molar-refractivity contribution is 7.92. The van der Waals surface area contributed by atoms with Gasteiger partial charge in [-0.05, 0) is 51.3 Å². The number of carbonyl (C=O) groups is 2. The molecule has 1 aromatic rings. The van der Waals surface area contributed by atoms with Gasteiger partial charge in [-0.25, -0.2) is 13.2 Å². The lowest BCUT2D eigenvalue weighted by Crippen LogP contribution is -2.45. The predicted molar refractivity (Wildman–Crippen MR) is 89.4 cm³/mol. The summed E-state index contributed by atoms with van der Waals surface area (Å²) in [5.41, 5.74) is 0.672. The third kappa shape index (κ3) is 3.95. The number of aliphatic carboxylic acids is 1. The van der Waals surface area contributed by atoms with Crippen LogP contribution in [0.5, 0.6) is 0 Å². The number of rotatable bonds is 7. The molecule has 0 saturated heterocycles. The number of carboxylic acids is 1. The Bertz CT molecular complexity index is 720. The van der Waals surface area contributed by atoms with E-state index in [9.17, 15) is 18.0 Å². The molecule has 0 spiro atoms. The second-order valence-electron chi connectivity index (χ2n) is 6.46. The Hall–Kier alpha value is -1.89. The van der Waals surface area contributed by atoms with Crippen molar-refractivity contribution in [3.05, 3.63) is 29.8 Å². The summed E-state index contributed by atoms with van der Waals surface area (Å²) in [7, 11) is -3.34. The van der Waals surface area contributed by atoms with Crippen molar-refractivity contribution in [3.63, 3.8) is 0 Å². The normalized spacial score (nSPS) is 16.0. The van der Waals surface area contributed by atoms with Gasteiger partial charge in [-0.2, -0.15) is 0 Å². The van der Waals surface area contributed by atoms with Gasteiger partial charge in [0.25, 0.3) is 0 Å². The van der Waals surface area contributed by atoms with Crippen LogP contribution in [0.15, 0.2) is 29.2 Å². The topological polar surface area (TPSA) is 91.8 Å². The Morgan fingerprint density at radius 1 is 1.17 bits per heavy atom. The molecule has 0 aromatic heterocycles. The number of sulfone groups is 1. The van der Waals surface area contributed by atoms with Gasteiger partial charge in [-0.3, -0.25) is 4.79 Å². The first-order valence-electron chi connectivity index (χ1n) is 8.01. The van der Waals surface area contributed by atoms with Crippen LogP contribution in [0, 0.1) is 0 Å². The molecular formula is C17H23NO5S. The smallest absolute Gasteiger partial charge is 0.326 e. The van der Waals surface area contributed by atoms with Crippen molar-refractivity contribution in [1.82, 2.24) is 4.90 Å². The number of carboxylic acid groups (broad SMARTS) is 1. The highest BCUT2D eigenvalue weighted by atomic mass is 32.2. The van der Waals surface area contributed by atoms with E-state index in [1.165, 1.54) is 24.0 Å². The van der Waals surface area contributed by atoms with Gasteiger partial charge < -0.3 is 10.0 Å². The largest absolute Gasteiger partial charge is 0.480 e. The lowest BCUT2D eigenvalue weighted by Gasteiger charge is -2.26. The van der Waals surface area contributed by atoms with Crippen LogP contribution in [0.3, 0.4) is 0 Å². The summed E-state index contributed by atoms with van der Waals surface area (Å²) < 4.78 is 24.2. The summed E-state index contributed by atoms with van der Waals surface area (Å²) in [5, 5.41) is 8.65. The number of amides is 1. The fraction of sp³-hybridized carbons (Fsp3) is 0.529. The van der Waals surface area contributed by atoms with Crippen LogP contribution in [0.2, 0.25) is 0 Å². The van der Waals surface area contributed by atoms with E-state index in [-0.39, 0.29) is 23.3 Å². The van der Waals surface area contributed by atoms with Crippen molar-refractivity contribution in [2.45, 2.75) is 62.3 Å². The van der Waals surface area contributed by atoms with Gasteiger partial charge >= 0.3 is 5.97 Å². The van der Waals surface area contributed by atoms with Crippen LogP contribution < -0.4 is 0 Å². The van der Waals surface area contributed by atoms with Gasteiger partial charge in [0.2, 0.25) is 5.91 Å². The van der Waals surface area contributed by atoms with E-state index < -0.39 is 27.1 Å². The SMILES string of the molecule is CC(C(=O)O)N(C(=O)Cc1ccc(S(=O)(=O)C(C)C)cc1)C1CC1. The number of hydrogen-bond acceptors (Lipinski definition) is 4. The summed E-state index contributed by atoms with van der Waals surface area (Å²) in [6.45, 7) is 4.75. The maximum absolute atomic E-state index is 12.5. The average molecular weight is 353 g/mol. The van der Waals surface area contributed by atoms with Gasteiger partial charge in [0.15, 0.2) is 9.84 Å². The summed E-state index contributed by atoms with van der Waals surface area (Å²) in [5.74, 6) is -1.26. The van der Waals surface area contributed by atoms with E-state index in [0.29, 0.717) is 5.56 Å². The second kappa shape index (κ2) is 6.93. The minimum absolute atomic E-state index is 0.00388. The van der Waals surface area contributed by atoms with Gasteiger partial charge in [-0.15, -0.1) is 0 Å². The molecule has 0 heterocycles. The van der Waals surface area contributed by atoms with Crippen molar-refractivity contribution < 1.29 is 23.1 Å². The van der Waals surface area contributed by atoms with Crippen LogP contribution in [-0.2, 0) is 25.8 Å². The van der Waals surface area contributed by atoms with Gasteiger partial charge in [0, 0.05) is 6.04 Å². The summed E-state index contributed by atoms with van der Waals surface area (Å²) in [6.07, 6.45) is 1.72. The summed E-state index contributed by atoms with van der Waals surface area (Å²) in [4.78, 5) is 25.3. The minimum atomic E-state index is -3.34. The van der Waals surface area contributed by atoms with Crippen molar-refractivity contribution in [2.75, 3.05) is 0 Å². The zero-order chi connectivity index (χ0) is 18.1. The molecule has 1 aromatic carbocycles. The monoisotopic (exact) mass is 353 g/mol. The Kier molecular flexibility index (Phi) is 5.32. The zero-order valence-corrected chi connectivity index (χ0v) is 14.9. The standard InChI is InChI=1S/C17H23NO5S/c1-11(2)24(22,23)15-8-4-13(5-9-15)10-16(19)18(14-6-7-14)12(3)17(20)21/h4-5,8-9,11-12,14H,6-7,10H2,1-3H3,(H,20,21). The molecule has 7 heteroatoms. The lowest BCUT2D eigenvalue weighted by atomic mass is 10.1. The maximum Gasteiger partial charge on any atom is 0.326 e. The Labute approximate surface area is 142 Å². The molecule has 1 aliphatic rings. The number of hydrogen-bond donors (Lipinski definition) is 1. The summed E-state index contributed by atoms with van der Waals surface area (Å²) in [6, 6.07) is 5.38. The predicted octanol–water partition coefficient (Wildman–Crippen LogP) is 1.88. The molecule has 1 unspecified atom stereocenters. The highest BCUT2D eigenvalue weighted by Crippen LogP contribution is 2.29. The van der Waals surface area contributed by atoms with E-state index in [4.69, 9.17) is 5.11 Å². The van der Waals surface area contributed by atoms with E-state index in [1.807, 2.05) is 0 Å². The quantitative estimate of drug-likeness (QED) is 0.808. The van der Waals surface area contributed by atoms with E-state index in [0.717, 1.165) is 12.8 Å². The van der Waals surface area contributed by atoms with Gasteiger partial charge in [-0.1, -0.05) is 12.1 Å². The fourth-order valence-corrected chi connectivity index (χ4v) is 3.60. The van der Waals surface area contributed by atoms with E-state index in [2.05, 4.69) is 0 Å². The first kappa shape index (κ1) is 18.4. The Balaban J connectivity index is 2.13. The number of nitrogens with zero attached hydrogens (tertiary/aromatic N) is 1. The molecule has 1 aliphatic carbocycles. The van der Waals surface area contributed by atoms with Crippen LogP contribution in [0.4, 0.5) is 0 Å². The molecule has 1 fully saturated rings. The van der Waals surface area contributed by atoms with Crippen LogP contribution in [0.25, 0.3) is 0 Å². The van der Waals surface area contributed by atoms with Gasteiger partial charge in [0.1, 0.15) is 6.04 Å². The van der Waals surface area contributed by atoms with Gasteiger partial charge in [0.05, 0.1) is 16.6 Å². The Morgan fingerprint density at radius 3 is 2.12 bits per heavy atom. The first-order chi connectivity index (χ1) is 11.1. The molecule has 24 heavy (non-hydrogen) atoms. The summed E-state index contributed by atoms with van der Waals surface area (Å²) >= 11 is 0. The minimum Gasteiger partial charge on any atom is -0.480 e. The molecule has 6 nitrogen and oxygen atoms in total. The highest BCUT2D eigenvalue weighted by Gasteiger charge is 2.38. The molecule has 1 atom stereocenters. The lowest BCUT2D eigenvalue weighted by molar-refractivity contribution is -0.149. The third-order valence-electron chi connectivity index (χ3n) is 4.23. The molecule has 132 valence electrons.